The minimum absolute atomic E-state index is 0.112. The molecule has 0 saturated carbocycles. The molecule has 2 aromatic heterocycles. The highest BCUT2D eigenvalue weighted by molar-refractivity contribution is 6.31. The zero-order valence-corrected chi connectivity index (χ0v) is 12.6. The summed E-state index contributed by atoms with van der Waals surface area (Å²) in [6.07, 6.45) is 3.36. The van der Waals surface area contributed by atoms with Gasteiger partial charge in [0.05, 0.1) is 22.6 Å². The molecule has 1 unspecified atom stereocenters. The molecule has 1 atom stereocenters. The van der Waals surface area contributed by atoms with Gasteiger partial charge in [0.15, 0.2) is 0 Å². The van der Waals surface area contributed by atoms with Gasteiger partial charge in [0.25, 0.3) is 0 Å². The maximum absolute atomic E-state index is 6.22. The molecule has 2 heterocycles. The molecule has 0 aromatic carbocycles. The quantitative estimate of drug-likeness (QED) is 0.933. The molecule has 19 heavy (non-hydrogen) atoms. The van der Waals surface area contributed by atoms with Gasteiger partial charge in [-0.2, -0.15) is 10.2 Å². The van der Waals surface area contributed by atoms with Crippen LogP contribution in [0.5, 0.6) is 0 Å². The first-order valence-corrected chi connectivity index (χ1v) is 6.71. The average Bonchev–Trinajstić information content (AvgIpc) is 2.79. The highest BCUT2D eigenvalue weighted by Gasteiger charge is 2.17. The van der Waals surface area contributed by atoms with Crippen molar-refractivity contribution in [2.45, 2.75) is 32.7 Å². The van der Waals surface area contributed by atoms with E-state index in [1.165, 1.54) is 11.3 Å². The summed E-state index contributed by atoms with van der Waals surface area (Å²) in [7, 11) is 3.82. The molecule has 0 aliphatic rings. The predicted molar refractivity (Wildman–Crippen MR) is 76.1 cm³/mol. The van der Waals surface area contributed by atoms with Crippen molar-refractivity contribution in [3.63, 3.8) is 0 Å². The van der Waals surface area contributed by atoms with Crippen LogP contribution < -0.4 is 5.73 Å². The second kappa shape index (κ2) is 5.35. The molecule has 0 bridgehead atoms. The van der Waals surface area contributed by atoms with E-state index in [0.29, 0.717) is 5.02 Å². The molecular formula is C13H20ClN5. The van der Waals surface area contributed by atoms with Gasteiger partial charge in [-0.3, -0.25) is 9.36 Å². The minimum atomic E-state index is -0.112. The van der Waals surface area contributed by atoms with Crippen LogP contribution in [0.15, 0.2) is 6.20 Å². The smallest absolute Gasteiger partial charge is 0.0833 e. The SMILES string of the molecule is Cc1nn(C)c(C)c1CCC(N)c1c(Cl)cnn1C. The highest BCUT2D eigenvalue weighted by atomic mass is 35.5. The lowest BCUT2D eigenvalue weighted by atomic mass is 10.0. The summed E-state index contributed by atoms with van der Waals surface area (Å²) >= 11 is 6.11. The summed E-state index contributed by atoms with van der Waals surface area (Å²) in [5.74, 6) is 0. The van der Waals surface area contributed by atoms with E-state index >= 15 is 0 Å². The molecule has 2 N–H and O–H groups in total. The standard InChI is InChI=1S/C13H20ClN5/c1-8-10(9(2)18(3)17-8)5-6-12(15)13-11(14)7-16-19(13)4/h7,12H,5-6,15H2,1-4H3. The zero-order valence-electron chi connectivity index (χ0n) is 11.8. The van der Waals surface area contributed by atoms with Crippen molar-refractivity contribution in [1.29, 1.82) is 0 Å². The first-order chi connectivity index (χ1) is 8.91. The number of aryl methyl sites for hydroxylation is 3. The van der Waals surface area contributed by atoms with Crippen LogP contribution in [0, 0.1) is 13.8 Å². The Bertz CT molecular complexity index is 565. The first kappa shape index (κ1) is 14.1. The number of hydrogen-bond acceptors (Lipinski definition) is 3. The molecule has 0 spiro atoms. The Morgan fingerprint density at radius 1 is 1.32 bits per heavy atom. The lowest BCUT2D eigenvalue weighted by Crippen LogP contribution is -2.16. The maximum Gasteiger partial charge on any atom is 0.0833 e. The Morgan fingerprint density at radius 2 is 2.00 bits per heavy atom. The number of halogens is 1. The number of hydrogen-bond donors (Lipinski definition) is 1. The molecule has 0 amide bonds. The second-order valence-electron chi connectivity index (χ2n) is 4.92. The Kier molecular flexibility index (Phi) is 3.96. The predicted octanol–water partition coefficient (Wildman–Crippen LogP) is 2.06. The van der Waals surface area contributed by atoms with Crippen molar-refractivity contribution < 1.29 is 0 Å². The third-order valence-electron chi connectivity index (χ3n) is 3.65. The fraction of sp³-hybridized carbons (Fsp3) is 0.538. The number of aromatic nitrogens is 4. The van der Waals surface area contributed by atoms with Gasteiger partial charge in [0.2, 0.25) is 0 Å². The fourth-order valence-corrected chi connectivity index (χ4v) is 2.76. The molecule has 0 saturated heterocycles. The van der Waals surface area contributed by atoms with Crippen molar-refractivity contribution in [2.24, 2.45) is 19.8 Å². The molecule has 104 valence electrons. The van der Waals surface area contributed by atoms with E-state index in [1.54, 1.807) is 10.9 Å². The summed E-state index contributed by atoms with van der Waals surface area (Å²) in [6, 6.07) is -0.112. The van der Waals surface area contributed by atoms with E-state index in [-0.39, 0.29) is 6.04 Å². The van der Waals surface area contributed by atoms with Crippen LogP contribution in [-0.4, -0.2) is 19.6 Å². The normalized spacial score (nSPS) is 12.9. The monoisotopic (exact) mass is 281 g/mol. The fourth-order valence-electron chi connectivity index (χ4n) is 2.45. The molecule has 0 aliphatic heterocycles. The minimum Gasteiger partial charge on any atom is -0.323 e. The number of nitrogens with zero attached hydrogens (tertiary/aromatic N) is 4. The summed E-state index contributed by atoms with van der Waals surface area (Å²) in [4.78, 5) is 0. The van der Waals surface area contributed by atoms with Crippen LogP contribution in [0.2, 0.25) is 5.02 Å². The van der Waals surface area contributed by atoms with Crippen LogP contribution in [0.3, 0.4) is 0 Å². The van der Waals surface area contributed by atoms with E-state index in [4.69, 9.17) is 17.3 Å². The van der Waals surface area contributed by atoms with Gasteiger partial charge in [0, 0.05) is 25.8 Å². The lowest BCUT2D eigenvalue weighted by Gasteiger charge is -2.13. The molecule has 0 aliphatic carbocycles. The number of rotatable bonds is 4. The summed E-state index contributed by atoms with van der Waals surface area (Å²) in [6.45, 7) is 4.11. The van der Waals surface area contributed by atoms with Gasteiger partial charge in [-0.1, -0.05) is 11.6 Å². The highest BCUT2D eigenvalue weighted by Crippen LogP contribution is 2.25. The largest absolute Gasteiger partial charge is 0.323 e. The Hall–Kier alpha value is -1.33. The maximum atomic E-state index is 6.22. The van der Waals surface area contributed by atoms with Crippen molar-refractivity contribution >= 4 is 11.6 Å². The summed E-state index contributed by atoms with van der Waals surface area (Å²) < 4.78 is 3.66. The van der Waals surface area contributed by atoms with Crippen molar-refractivity contribution in [1.82, 2.24) is 19.6 Å². The van der Waals surface area contributed by atoms with Crippen molar-refractivity contribution in [3.05, 3.63) is 33.9 Å². The van der Waals surface area contributed by atoms with Gasteiger partial charge < -0.3 is 5.73 Å². The molecule has 6 heteroatoms. The van der Waals surface area contributed by atoms with Crippen LogP contribution in [0.4, 0.5) is 0 Å². The molecular weight excluding hydrogens is 262 g/mol. The average molecular weight is 282 g/mol. The van der Waals surface area contributed by atoms with Crippen LogP contribution in [-0.2, 0) is 20.5 Å². The third-order valence-corrected chi connectivity index (χ3v) is 3.94. The molecule has 5 nitrogen and oxygen atoms in total. The van der Waals surface area contributed by atoms with E-state index in [1.807, 2.05) is 25.7 Å². The molecule has 0 radical (unpaired) electrons. The Morgan fingerprint density at radius 3 is 2.47 bits per heavy atom. The van der Waals surface area contributed by atoms with Crippen molar-refractivity contribution in [2.75, 3.05) is 0 Å². The van der Waals surface area contributed by atoms with Crippen LogP contribution in [0.1, 0.15) is 35.1 Å². The molecule has 0 fully saturated rings. The van der Waals surface area contributed by atoms with E-state index < -0.39 is 0 Å². The molecule has 2 rings (SSSR count). The van der Waals surface area contributed by atoms with Gasteiger partial charge in [-0.15, -0.1) is 0 Å². The lowest BCUT2D eigenvalue weighted by molar-refractivity contribution is 0.580. The topological polar surface area (TPSA) is 61.7 Å². The Labute approximate surface area is 118 Å². The van der Waals surface area contributed by atoms with Crippen molar-refractivity contribution in [3.8, 4) is 0 Å². The van der Waals surface area contributed by atoms with E-state index in [0.717, 1.165) is 24.2 Å². The summed E-state index contributed by atoms with van der Waals surface area (Å²) in [5.41, 5.74) is 10.7. The van der Waals surface area contributed by atoms with Gasteiger partial charge in [-0.25, -0.2) is 0 Å². The van der Waals surface area contributed by atoms with Crippen LogP contribution >= 0.6 is 11.6 Å². The van der Waals surface area contributed by atoms with Gasteiger partial charge in [0.1, 0.15) is 0 Å². The summed E-state index contributed by atoms with van der Waals surface area (Å²) in [5, 5.41) is 9.17. The van der Waals surface area contributed by atoms with E-state index in [9.17, 15) is 0 Å². The van der Waals surface area contributed by atoms with Gasteiger partial charge >= 0.3 is 0 Å². The Balaban J connectivity index is 2.11. The number of nitrogens with two attached hydrogens (primary N) is 1. The molecule has 2 aromatic rings. The zero-order chi connectivity index (χ0) is 14.2. The third kappa shape index (κ3) is 2.67. The van der Waals surface area contributed by atoms with Crippen LogP contribution in [0.25, 0.3) is 0 Å². The van der Waals surface area contributed by atoms with E-state index in [2.05, 4.69) is 17.1 Å². The first-order valence-electron chi connectivity index (χ1n) is 6.33. The second-order valence-corrected chi connectivity index (χ2v) is 5.33. The van der Waals surface area contributed by atoms with Gasteiger partial charge in [-0.05, 0) is 32.3 Å².